The fourth-order valence-electron chi connectivity index (χ4n) is 2.99. The molecule has 0 radical (unpaired) electrons. The maximum atomic E-state index is 12.1. The Kier molecular flexibility index (Phi) is 9.26. The highest BCUT2D eigenvalue weighted by Gasteiger charge is 2.20. The molecular weight excluding hydrogens is 398 g/mol. The monoisotopic (exact) mass is 431 g/mol. The Morgan fingerprint density at radius 3 is 2.60 bits per heavy atom. The molecule has 2 unspecified atom stereocenters. The van der Waals surface area contributed by atoms with E-state index in [1.54, 1.807) is 14.0 Å². The molecule has 7 nitrogen and oxygen atoms in total. The van der Waals surface area contributed by atoms with Gasteiger partial charge in [0.25, 0.3) is 0 Å². The molecule has 2 rings (SSSR count). The van der Waals surface area contributed by atoms with Crippen LogP contribution in [0.2, 0.25) is 0 Å². The van der Waals surface area contributed by atoms with Gasteiger partial charge in [-0.05, 0) is 46.9 Å². The van der Waals surface area contributed by atoms with Crippen LogP contribution < -0.4 is 10.6 Å². The largest absolute Gasteiger partial charge is 0.462 e. The highest BCUT2D eigenvalue weighted by Crippen LogP contribution is 2.24. The summed E-state index contributed by atoms with van der Waals surface area (Å²) in [7, 11) is 5.92. The van der Waals surface area contributed by atoms with E-state index < -0.39 is 0 Å². The van der Waals surface area contributed by atoms with Crippen LogP contribution in [0.25, 0.3) is 0 Å². The lowest BCUT2D eigenvalue weighted by molar-refractivity contribution is 0.0531. The molecule has 2 aromatic rings. The number of benzene rings is 1. The highest BCUT2D eigenvalue weighted by atomic mass is 32.1. The number of thiazole rings is 1. The van der Waals surface area contributed by atoms with Crippen LogP contribution in [-0.4, -0.2) is 62.1 Å². The van der Waals surface area contributed by atoms with Crippen molar-refractivity contribution in [2.75, 3.05) is 34.3 Å². The molecule has 0 aliphatic heterocycles. The lowest BCUT2D eigenvalue weighted by atomic mass is 10.1. The van der Waals surface area contributed by atoms with E-state index in [1.165, 1.54) is 16.9 Å². The maximum Gasteiger partial charge on any atom is 0.350 e. The molecule has 0 spiro atoms. The van der Waals surface area contributed by atoms with Gasteiger partial charge in [-0.15, -0.1) is 11.3 Å². The number of nitrogens with zero attached hydrogens (tertiary/aromatic N) is 3. The average molecular weight is 432 g/mol. The summed E-state index contributed by atoms with van der Waals surface area (Å²) >= 11 is 1.36. The van der Waals surface area contributed by atoms with Gasteiger partial charge in [0.05, 0.1) is 18.3 Å². The molecule has 0 fully saturated rings. The molecule has 0 saturated carbocycles. The van der Waals surface area contributed by atoms with Crippen molar-refractivity contribution in [1.29, 1.82) is 0 Å². The zero-order valence-corrected chi connectivity index (χ0v) is 19.5. The van der Waals surface area contributed by atoms with Gasteiger partial charge in [-0.3, -0.25) is 4.99 Å². The lowest BCUT2D eigenvalue weighted by Gasteiger charge is -2.26. The minimum absolute atomic E-state index is 0.0880. The number of carbonyl (C=O) groups excluding carboxylic acids is 1. The maximum absolute atomic E-state index is 12.1. The van der Waals surface area contributed by atoms with Crippen molar-refractivity contribution in [3.63, 3.8) is 0 Å². The van der Waals surface area contributed by atoms with Crippen LogP contribution in [0.5, 0.6) is 0 Å². The second-order valence-corrected chi connectivity index (χ2v) is 8.34. The van der Waals surface area contributed by atoms with Gasteiger partial charge in [0.15, 0.2) is 5.96 Å². The third-order valence-electron chi connectivity index (χ3n) is 4.77. The van der Waals surface area contributed by atoms with E-state index >= 15 is 0 Å². The zero-order valence-electron chi connectivity index (χ0n) is 18.7. The second-order valence-electron chi connectivity index (χ2n) is 7.31. The summed E-state index contributed by atoms with van der Waals surface area (Å²) in [6, 6.07) is 10.7. The number of aromatic nitrogens is 1. The Balaban J connectivity index is 1.97. The highest BCUT2D eigenvalue weighted by molar-refractivity contribution is 7.13. The Labute approximate surface area is 183 Å². The Hall–Kier alpha value is -2.45. The van der Waals surface area contributed by atoms with Gasteiger partial charge in [0.1, 0.15) is 9.88 Å². The third-order valence-corrected chi connectivity index (χ3v) is 6.09. The first kappa shape index (κ1) is 23.8. The summed E-state index contributed by atoms with van der Waals surface area (Å²) in [6.45, 7) is 6.74. The first-order valence-electron chi connectivity index (χ1n) is 10.2. The molecule has 164 valence electrons. The minimum atomic E-state index is -0.316. The van der Waals surface area contributed by atoms with Gasteiger partial charge in [-0.1, -0.05) is 30.3 Å². The van der Waals surface area contributed by atoms with Gasteiger partial charge >= 0.3 is 5.97 Å². The third kappa shape index (κ3) is 6.81. The van der Waals surface area contributed by atoms with Crippen LogP contribution >= 0.6 is 11.3 Å². The molecule has 30 heavy (non-hydrogen) atoms. The van der Waals surface area contributed by atoms with Crippen LogP contribution in [0.15, 0.2) is 35.3 Å². The molecule has 0 aliphatic rings. The van der Waals surface area contributed by atoms with E-state index in [0.29, 0.717) is 29.2 Å². The van der Waals surface area contributed by atoms with Crippen molar-refractivity contribution >= 4 is 23.3 Å². The van der Waals surface area contributed by atoms with Gasteiger partial charge in [0, 0.05) is 19.6 Å². The van der Waals surface area contributed by atoms with Crippen molar-refractivity contribution in [1.82, 2.24) is 20.5 Å². The molecular formula is C22H33N5O2S. The fourth-order valence-corrected chi connectivity index (χ4v) is 3.95. The summed E-state index contributed by atoms with van der Waals surface area (Å²) in [5.74, 6) is 0.385. The normalized spacial score (nSPS) is 13.8. The number of esters is 1. The molecule has 0 amide bonds. The Morgan fingerprint density at radius 2 is 2.00 bits per heavy atom. The predicted molar refractivity (Wildman–Crippen MR) is 123 cm³/mol. The standard InChI is InChI=1S/C22H33N5O2S/c1-7-29-21(28)19-15(2)25-20(30-19)16(3)26-22(23-4)24-14-18(27(5)6)13-17-11-9-8-10-12-17/h8-12,16,18H,7,13-14H2,1-6H3,(H2,23,24,26). The summed E-state index contributed by atoms with van der Waals surface area (Å²) in [4.78, 5) is 23.7. The molecule has 8 heteroatoms. The van der Waals surface area contributed by atoms with E-state index in [-0.39, 0.29) is 12.0 Å². The van der Waals surface area contributed by atoms with Gasteiger partial charge in [-0.25, -0.2) is 9.78 Å². The number of likely N-dealkylation sites (N-methyl/N-ethyl adjacent to an activating group) is 1. The molecule has 2 atom stereocenters. The summed E-state index contributed by atoms with van der Waals surface area (Å²) in [5.41, 5.74) is 2.00. The van der Waals surface area contributed by atoms with Crippen LogP contribution in [-0.2, 0) is 11.2 Å². The van der Waals surface area contributed by atoms with Crippen molar-refractivity contribution in [3.8, 4) is 0 Å². The van der Waals surface area contributed by atoms with Gasteiger partial charge in [0.2, 0.25) is 0 Å². The summed E-state index contributed by atoms with van der Waals surface area (Å²) in [6.07, 6.45) is 0.946. The molecule has 2 N–H and O–H groups in total. The fraction of sp³-hybridized carbons (Fsp3) is 0.500. The van der Waals surface area contributed by atoms with Crippen LogP contribution in [0, 0.1) is 6.92 Å². The molecule has 0 aliphatic carbocycles. The first-order chi connectivity index (χ1) is 14.3. The summed E-state index contributed by atoms with van der Waals surface area (Å²) < 4.78 is 5.11. The number of hydrogen-bond acceptors (Lipinski definition) is 6. The smallest absolute Gasteiger partial charge is 0.350 e. The van der Waals surface area contributed by atoms with Crippen LogP contribution in [0.1, 0.15) is 45.8 Å². The van der Waals surface area contributed by atoms with Crippen LogP contribution in [0.3, 0.4) is 0 Å². The zero-order chi connectivity index (χ0) is 22.1. The molecule has 1 aromatic heterocycles. The number of aryl methyl sites for hydroxylation is 1. The van der Waals surface area contributed by atoms with Crippen molar-refractivity contribution in [2.45, 2.75) is 39.3 Å². The van der Waals surface area contributed by atoms with Crippen molar-refractivity contribution in [2.24, 2.45) is 4.99 Å². The minimum Gasteiger partial charge on any atom is -0.462 e. The van der Waals surface area contributed by atoms with Gasteiger partial charge < -0.3 is 20.3 Å². The van der Waals surface area contributed by atoms with Gasteiger partial charge in [-0.2, -0.15) is 0 Å². The second kappa shape index (κ2) is 11.7. The Morgan fingerprint density at radius 1 is 1.30 bits per heavy atom. The molecule has 0 saturated heterocycles. The number of nitrogens with one attached hydrogen (secondary N) is 2. The molecule has 1 aromatic carbocycles. The van der Waals surface area contributed by atoms with Crippen molar-refractivity contribution in [3.05, 3.63) is 51.5 Å². The topological polar surface area (TPSA) is 78.8 Å². The van der Waals surface area contributed by atoms with E-state index in [9.17, 15) is 4.79 Å². The van der Waals surface area contributed by atoms with Crippen LogP contribution in [0.4, 0.5) is 0 Å². The number of aliphatic imine (C=N–C) groups is 1. The quantitative estimate of drug-likeness (QED) is 0.361. The van der Waals surface area contributed by atoms with E-state index in [4.69, 9.17) is 4.74 Å². The Bertz CT molecular complexity index is 835. The summed E-state index contributed by atoms with van der Waals surface area (Å²) in [5, 5.41) is 7.61. The number of hydrogen-bond donors (Lipinski definition) is 2. The molecule has 0 bridgehead atoms. The van der Waals surface area contributed by atoms with Crippen molar-refractivity contribution < 1.29 is 9.53 Å². The number of carbonyl (C=O) groups is 1. The number of guanidine groups is 1. The van der Waals surface area contributed by atoms with E-state index in [1.807, 2.05) is 19.9 Å². The van der Waals surface area contributed by atoms with E-state index in [2.05, 4.69) is 63.9 Å². The molecule has 1 heterocycles. The predicted octanol–water partition coefficient (Wildman–Crippen LogP) is 3.03. The average Bonchev–Trinajstić information content (AvgIpc) is 3.12. The SMILES string of the molecule is CCOC(=O)c1sc(C(C)NC(=NC)NCC(Cc2ccccc2)N(C)C)nc1C. The van der Waals surface area contributed by atoms with E-state index in [0.717, 1.165) is 18.0 Å². The number of ether oxygens (including phenoxy) is 1. The first-order valence-corrected chi connectivity index (χ1v) is 11.0. The lowest BCUT2D eigenvalue weighted by Crippen LogP contribution is -2.46. The number of rotatable bonds is 9.